The molecular weight excluding hydrogens is 418 g/mol. The number of benzene rings is 2. The summed E-state index contributed by atoms with van der Waals surface area (Å²) in [5.74, 6) is -0.855. The number of esters is 1. The minimum absolute atomic E-state index is 0.248. The molecule has 0 saturated carbocycles. The number of halogens is 2. The Hall–Kier alpha value is -2.37. The Morgan fingerprint density at radius 2 is 1.92 bits per heavy atom. The van der Waals surface area contributed by atoms with Crippen molar-refractivity contribution in [2.24, 2.45) is 0 Å². The van der Waals surface area contributed by atoms with Crippen molar-refractivity contribution in [1.29, 1.82) is 0 Å². The van der Waals surface area contributed by atoms with Crippen molar-refractivity contribution in [2.75, 3.05) is 12.0 Å². The first-order valence-electron chi connectivity index (χ1n) is 7.79. The standard InChI is InChI=1S/C20H15BrClNO3/c1-12-18(20(25)26-2)17(10-13-5-3-6-14(21)9-13)19(24)23(12)16-8-4-7-15(22)11-16/h3-11H,1-2H3/b17-10-. The first kappa shape index (κ1) is 18.4. The van der Waals surface area contributed by atoms with Crippen molar-refractivity contribution in [3.8, 4) is 0 Å². The van der Waals surface area contributed by atoms with Crippen molar-refractivity contribution in [3.63, 3.8) is 0 Å². The van der Waals surface area contributed by atoms with E-state index in [1.165, 1.54) is 12.0 Å². The van der Waals surface area contributed by atoms with Gasteiger partial charge in [0.2, 0.25) is 0 Å². The normalized spacial score (nSPS) is 15.8. The third-order valence-electron chi connectivity index (χ3n) is 4.02. The highest BCUT2D eigenvalue weighted by Crippen LogP contribution is 2.36. The van der Waals surface area contributed by atoms with Crippen molar-refractivity contribution >= 4 is 51.2 Å². The number of hydrogen-bond donors (Lipinski definition) is 0. The molecule has 6 heteroatoms. The van der Waals surface area contributed by atoms with Gasteiger partial charge < -0.3 is 4.74 Å². The summed E-state index contributed by atoms with van der Waals surface area (Å²) in [4.78, 5) is 26.9. The van der Waals surface area contributed by atoms with Crippen molar-refractivity contribution in [2.45, 2.75) is 6.92 Å². The van der Waals surface area contributed by atoms with E-state index < -0.39 is 5.97 Å². The second kappa shape index (κ2) is 7.48. The van der Waals surface area contributed by atoms with Gasteiger partial charge in [-0.3, -0.25) is 9.69 Å². The number of anilines is 1. The van der Waals surface area contributed by atoms with Gasteiger partial charge in [-0.2, -0.15) is 0 Å². The molecule has 132 valence electrons. The summed E-state index contributed by atoms with van der Waals surface area (Å²) < 4.78 is 5.78. The molecule has 0 saturated heterocycles. The maximum Gasteiger partial charge on any atom is 0.340 e. The summed E-state index contributed by atoms with van der Waals surface area (Å²) in [6.07, 6.45) is 1.69. The fourth-order valence-electron chi connectivity index (χ4n) is 2.87. The van der Waals surface area contributed by atoms with Crippen molar-refractivity contribution in [1.82, 2.24) is 0 Å². The third-order valence-corrected chi connectivity index (χ3v) is 4.74. The third kappa shape index (κ3) is 3.45. The van der Waals surface area contributed by atoms with Crippen LogP contribution in [-0.2, 0) is 14.3 Å². The van der Waals surface area contributed by atoms with Crippen LogP contribution in [0.3, 0.4) is 0 Å². The summed E-state index contributed by atoms with van der Waals surface area (Å²) in [6, 6.07) is 14.4. The molecule has 0 aromatic heterocycles. The lowest BCUT2D eigenvalue weighted by molar-refractivity contribution is -0.136. The number of methoxy groups -OCH3 is 1. The minimum Gasteiger partial charge on any atom is -0.465 e. The van der Waals surface area contributed by atoms with E-state index in [1.807, 2.05) is 24.3 Å². The first-order valence-corrected chi connectivity index (χ1v) is 8.96. The van der Waals surface area contributed by atoms with Gasteiger partial charge in [0, 0.05) is 15.2 Å². The molecule has 0 radical (unpaired) electrons. The van der Waals surface area contributed by atoms with Crippen LogP contribution in [0.1, 0.15) is 12.5 Å². The van der Waals surface area contributed by atoms with Gasteiger partial charge in [0.1, 0.15) is 0 Å². The number of allylic oxidation sites excluding steroid dienone is 1. The maximum absolute atomic E-state index is 13.1. The van der Waals surface area contributed by atoms with Crippen LogP contribution in [0.25, 0.3) is 6.08 Å². The molecule has 1 amide bonds. The minimum atomic E-state index is -0.554. The average molecular weight is 433 g/mol. The Morgan fingerprint density at radius 3 is 2.58 bits per heavy atom. The van der Waals surface area contributed by atoms with Gasteiger partial charge in [0.25, 0.3) is 5.91 Å². The zero-order valence-electron chi connectivity index (χ0n) is 14.1. The SMILES string of the molecule is COC(=O)C1=C(C)N(c2cccc(Cl)c2)C(=O)/C1=C\c1cccc(Br)c1. The van der Waals surface area contributed by atoms with Crippen LogP contribution in [0.4, 0.5) is 5.69 Å². The average Bonchev–Trinajstić information content (AvgIpc) is 2.84. The number of carbonyl (C=O) groups is 2. The molecule has 0 bridgehead atoms. The van der Waals surface area contributed by atoms with Gasteiger partial charge in [0.15, 0.2) is 0 Å². The lowest BCUT2D eigenvalue weighted by atomic mass is 10.0. The molecule has 1 aliphatic heterocycles. The highest BCUT2D eigenvalue weighted by molar-refractivity contribution is 9.10. The molecule has 0 fully saturated rings. The summed E-state index contributed by atoms with van der Waals surface area (Å²) >= 11 is 9.47. The molecule has 1 aliphatic rings. The van der Waals surface area contributed by atoms with E-state index >= 15 is 0 Å². The van der Waals surface area contributed by atoms with E-state index in [9.17, 15) is 9.59 Å². The lowest BCUT2D eigenvalue weighted by Crippen LogP contribution is -2.24. The Labute approximate surface area is 164 Å². The van der Waals surface area contributed by atoms with Gasteiger partial charge in [-0.1, -0.05) is 45.7 Å². The first-order chi connectivity index (χ1) is 12.4. The summed E-state index contributed by atoms with van der Waals surface area (Å²) in [7, 11) is 1.30. The van der Waals surface area contributed by atoms with Crippen LogP contribution >= 0.6 is 27.5 Å². The number of rotatable bonds is 3. The van der Waals surface area contributed by atoms with E-state index in [-0.39, 0.29) is 17.1 Å². The number of carbonyl (C=O) groups excluding carboxylic acids is 2. The van der Waals surface area contributed by atoms with Crippen molar-refractivity contribution < 1.29 is 14.3 Å². The Morgan fingerprint density at radius 1 is 1.19 bits per heavy atom. The van der Waals surface area contributed by atoms with Gasteiger partial charge in [0.05, 0.1) is 23.9 Å². The molecule has 0 spiro atoms. The topological polar surface area (TPSA) is 46.6 Å². The molecule has 3 rings (SSSR count). The number of hydrogen-bond acceptors (Lipinski definition) is 3. The molecule has 1 heterocycles. The van der Waals surface area contributed by atoms with Crippen LogP contribution < -0.4 is 4.90 Å². The van der Waals surface area contributed by atoms with Crippen LogP contribution in [0.15, 0.2) is 69.8 Å². The lowest BCUT2D eigenvalue weighted by Gasteiger charge is -2.18. The zero-order valence-corrected chi connectivity index (χ0v) is 16.5. The maximum atomic E-state index is 13.1. The second-order valence-corrected chi connectivity index (χ2v) is 7.04. The van der Waals surface area contributed by atoms with Crippen LogP contribution in [-0.4, -0.2) is 19.0 Å². The summed E-state index contributed by atoms with van der Waals surface area (Å²) in [5, 5.41) is 0.507. The second-order valence-electron chi connectivity index (χ2n) is 5.69. The predicted octanol–water partition coefficient (Wildman–Crippen LogP) is 4.98. The van der Waals surface area contributed by atoms with E-state index in [0.717, 1.165) is 10.0 Å². The van der Waals surface area contributed by atoms with Gasteiger partial charge in [-0.15, -0.1) is 0 Å². The van der Waals surface area contributed by atoms with E-state index in [1.54, 1.807) is 37.3 Å². The van der Waals surface area contributed by atoms with E-state index in [4.69, 9.17) is 16.3 Å². The molecule has 2 aromatic rings. The molecule has 4 nitrogen and oxygen atoms in total. The van der Waals surface area contributed by atoms with Crippen LogP contribution in [0.2, 0.25) is 5.02 Å². The molecule has 0 N–H and O–H groups in total. The molecule has 2 aromatic carbocycles. The quantitative estimate of drug-likeness (QED) is 0.508. The summed E-state index contributed by atoms with van der Waals surface area (Å²) in [5.41, 5.74) is 2.43. The zero-order chi connectivity index (χ0) is 18.8. The van der Waals surface area contributed by atoms with Gasteiger partial charge in [-0.05, 0) is 48.9 Å². The Kier molecular flexibility index (Phi) is 5.30. The highest BCUT2D eigenvalue weighted by Gasteiger charge is 2.37. The molecule has 0 unspecified atom stereocenters. The van der Waals surface area contributed by atoms with E-state index in [0.29, 0.717) is 16.4 Å². The molecule has 0 aliphatic carbocycles. The largest absolute Gasteiger partial charge is 0.465 e. The molecular formula is C20H15BrClNO3. The smallest absolute Gasteiger partial charge is 0.340 e. The predicted molar refractivity (Wildman–Crippen MR) is 106 cm³/mol. The van der Waals surface area contributed by atoms with Crippen LogP contribution in [0.5, 0.6) is 0 Å². The van der Waals surface area contributed by atoms with Gasteiger partial charge >= 0.3 is 5.97 Å². The number of ether oxygens (including phenoxy) is 1. The Balaban J connectivity index is 2.15. The number of nitrogens with zero attached hydrogens (tertiary/aromatic N) is 1. The monoisotopic (exact) mass is 431 g/mol. The van der Waals surface area contributed by atoms with Gasteiger partial charge in [-0.25, -0.2) is 4.79 Å². The molecule has 26 heavy (non-hydrogen) atoms. The fraction of sp³-hybridized carbons (Fsp3) is 0.100. The fourth-order valence-corrected chi connectivity index (χ4v) is 3.47. The van der Waals surface area contributed by atoms with E-state index in [2.05, 4.69) is 15.9 Å². The van der Waals surface area contributed by atoms with Crippen LogP contribution in [0, 0.1) is 0 Å². The summed E-state index contributed by atoms with van der Waals surface area (Å²) in [6.45, 7) is 1.72. The highest BCUT2D eigenvalue weighted by atomic mass is 79.9. The molecule has 0 atom stereocenters. The van der Waals surface area contributed by atoms with Crippen molar-refractivity contribution in [3.05, 3.63) is 80.4 Å². The Bertz CT molecular complexity index is 965. The number of amides is 1.